The number of hydrogen-bond acceptors (Lipinski definition) is 6. The van der Waals surface area contributed by atoms with E-state index in [-0.39, 0.29) is 30.1 Å². The van der Waals surface area contributed by atoms with Crippen LogP contribution in [0.4, 0.5) is 0 Å². The summed E-state index contributed by atoms with van der Waals surface area (Å²) in [6.07, 6.45) is 1.51. The minimum atomic E-state index is -3.86. The number of likely N-dealkylation sites (N-methyl/N-ethyl adjacent to an activating group) is 1. The summed E-state index contributed by atoms with van der Waals surface area (Å²) in [6, 6.07) is 20.4. The standard InChI is InChI=1S/C27H33N3O4S/c1-20-16-30(21(2)19-31)35(32,33)27-13-12-23(22-9-5-4-6-10-22)15-25(27)34-26(20)18-29(3)17-24-11-7-8-14-28-24/h4-15,20-21,26,31H,16-19H2,1-3H3/t20-,21-,26-/m0/s1. The van der Waals surface area contributed by atoms with E-state index in [4.69, 9.17) is 4.74 Å². The number of sulfonamides is 1. The third kappa shape index (κ3) is 5.73. The molecule has 35 heavy (non-hydrogen) atoms. The van der Waals surface area contributed by atoms with Crippen LogP contribution < -0.4 is 4.74 Å². The number of aliphatic hydroxyl groups is 1. The van der Waals surface area contributed by atoms with Crippen molar-refractivity contribution in [2.24, 2.45) is 5.92 Å². The first-order chi connectivity index (χ1) is 16.8. The maximum absolute atomic E-state index is 13.7. The zero-order valence-corrected chi connectivity index (χ0v) is 21.2. The largest absolute Gasteiger partial charge is 0.487 e. The van der Waals surface area contributed by atoms with Gasteiger partial charge in [0.15, 0.2) is 0 Å². The highest BCUT2D eigenvalue weighted by Crippen LogP contribution is 2.36. The van der Waals surface area contributed by atoms with E-state index < -0.39 is 16.1 Å². The highest BCUT2D eigenvalue weighted by molar-refractivity contribution is 7.89. The molecule has 1 aliphatic rings. The van der Waals surface area contributed by atoms with E-state index >= 15 is 0 Å². The molecule has 4 rings (SSSR count). The summed E-state index contributed by atoms with van der Waals surface area (Å²) in [6.45, 7) is 4.97. The minimum absolute atomic E-state index is 0.113. The van der Waals surface area contributed by atoms with Crippen LogP contribution in [0.3, 0.4) is 0 Å². The molecule has 3 aromatic rings. The van der Waals surface area contributed by atoms with Gasteiger partial charge in [0.25, 0.3) is 0 Å². The van der Waals surface area contributed by atoms with Gasteiger partial charge in [-0.3, -0.25) is 9.88 Å². The molecule has 0 bridgehead atoms. The molecule has 2 aromatic carbocycles. The Balaban J connectivity index is 1.72. The first-order valence-electron chi connectivity index (χ1n) is 11.9. The van der Waals surface area contributed by atoms with Crippen LogP contribution in [0.15, 0.2) is 77.8 Å². The number of pyridine rings is 1. The summed E-state index contributed by atoms with van der Waals surface area (Å²) in [5, 5.41) is 9.83. The van der Waals surface area contributed by atoms with E-state index in [0.29, 0.717) is 18.8 Å². The molecule has 8 heteroatoms. The number of ether oxygens (including phenoxy) is 1. The molecule has 1 N–H and O–H groups in total. The van der Waals surface area contributed by atoms with Crippen molar-refractivity contribution in [2.45, 2.75) is 37.4 Å². The van der Waals surface area contributed by atoms with Crippen LogP contribution in [-0.4, -0.2) is 66.6 Å². The Morgan fingerprint density at radius 1 is 1.11 bits per heavy atom. The Bertz CT molecular complexity index is 1220. The summed E-state index contributed by atoms with van der Waals surface area (Å²) in [4.78, 5) is 6.68. The molecule has 0 aliphatic carbocycles. The summed E-state index contributed by atoms with van der Waals surface area (Å²) >= 11 is 0. The Labute approximate surface area is 208 Å². The number of aliphatic hydroxyl groups excluding tert-OH is 1. The number of hydrogen-bond donors (Lipinski definition) is 1. The van der Waals surface area contributed by atoms with Crippen molar-refractivity contribution in [3.05, 3.63) is 78.6 Å². The summed E-state index contributed by atoms with van der Waals surface area (Å²) in [5.74, 6) is 0.225. The fourth-order valence-electron chi connectivity index (χ4n) is 4.39. The zero-order chi connectivity index (χ0) is 25.0. The predicted molar refractivity (Wildman–Crippen MR) is 136 cm³/mol. The van der Waals surface area contributed by atoms with Gasteiger partial charge in [-0.2, -0.15) is 4.31 Å². The lowest BCUT2D eigenvalue weighted by atomic mass is 10.0. The molecular weight excluding hydrogens is 462 g/mol. The molecule has 1 aromatic heterocycles. The molecule has 3 atom stereocenters. The van der Waals surface area contributed by atoms with Crippen LogP contribution in [0.5, 0.6) is 5.75 Å². The van der Waals surface area contributed by atoms with E-state index in [2.05, 4.69) is 9.88 Å². The van der Waals surface area contributed by atoms with Gasteiger partial charge >= 0.3 is 0 Å². The average Bonchev–Trinajstić information content (AvgIpc) is 2.86. The average molecular weight is 496 g/mol. The van der Waals surface area contributed by atoms with Gasteiger partial charge in [-0.1, -0.05) is 49.4 Å². The van der Waals surface area contributed by atoms with Crippen LogP contribution in [-0.2, 0) is 16.6 Å². The molecule has 0 saturated carbocycles. The quantitative estimate of drug-likeness (QED) is 0.539. The fraction of sp³-hybridized carbons (Fsp3) is 0.370. The SMILES string of the molecule is C[C@H]1CN([C@@H](C)CO)S(=O)(=O)c2ccc(-c3ccccc3)cc2O[C@H]1CN(C)Cc1ccccn1. The number of aromatic nitrogens is 1. The van der Waals surface area contributed by atoms with Gasteiger partial charge in [0, 0.05) is 37.8 Å². The Kier molecular flexibility index (Phi) is 7.86. The second-order valence-electron chi connectivity index (χ2n) is 9.29. The second kappa shape index (κ2) is 10.9. The molecule has 0 amide bonds. The summed E-state index contributed by atoms with van der Waals surface area (Å²) < 4.78 is 35.2. The molecule has 1 aliphatic heterocycles. The first-order valence-corrected chi connectivity index (χ1v) is 13.3. The number of benzene rings is 2. The zero-order valence-electron chi connectivity index (χ0n) is 20.4. The molecule has 0 unspecified atom stereocenters. The monoisotopic (exact) mass is 495 g/mol. The number of fused-ring (bicyclic) bond motifs is 1. The van der Waals surface area contributed by atoms with Crippen LogP contribution >= 0.6 is 0 Å². The topological polar surface area (TPSA) is 83.0 Å². The predicted octanol–water partition coefficient (Wildman–Crippen LogP) is 3.65. The van der Waals surface area contributed by atoms with Crippen molar-refractivity contribution in [2.75, 3.05) is 26.7 Å². The molecule has 0 fully saturated rings. The normalized spacial score (nSPS) is 20.9. The Morgan fingerprint density at radius 3 is 2.54 bits per heavy atom. The lowest BCUT2D eigenvalue weighted by Crippen LogP contribution is -2.49. The molecule has 186 valence electrons. The highest BCUT2D eigenvalue weighted by atomic mass is 32.2. The van der Waals surface area contributed by atoms with Crippen molar-refractivity contribution in [1.82, 2.24) is 14.2 Å². The van der Waals surface area contributed by atoms with Gasteiger partial charge in [-0.25, -0.2) is 8.42 Å². The van der Waals surface area contributed by atoms with Crippen LogP contribution in [0.2, 0.25) is 0 Å². The molecule has 2 heterocycles. The Morgan fingerprint density at radius 2 is 1.86 bits per heavy atom. The lowest BCUT2D eigenvalue weighted by Gasteiger charge is -2.37. The number of nitrogens with zero attached hydrogens (tertiary/aromatic N) is 3. The van der Waals surface area contributed by atoms with Crippen molar-refractivity contribution < 1.29 is 18.3 Å². The van der Waals surface area contributed by atoms with Crippen molar-refractivity contribution >= 4 is 10.0 Å². The van der Waals surface area contributed by atoms with E-state index in [1.54, 1.807) is 19.2 Å². The van der Waals surface area contributed by atoms with E-state index in [9.17, 15) is 13.5 Å². The van der Waals surface area contributed by atoms with E-state index in [1.807, 2.05) is 74.6 Å². The molecule has 7 nitrogen and oxygen atoms in total. The smallest absolute Gasteiger partial charge is 0.247 e. The Hall–Kier alpha value is -2.78. The molecule has 0 saturated heterocycles. The second-order valence-corrected chi connectivity index (χ2v) is 11.1. The fourth-order valence-corrected chi connectivity index (χ4v) is 6.22. The van der Waals surface area contributed by atoms with Gasteiger partial charge < -0.3 is 9.84 Å². The summed E-state index contributed by atoms with van der Waals surface area (Å²) in [7, 11) is -1.85. The van der Waals surface area contributed by atoms with Crippen LogP contribution in [0.1, 0.15) is 19.5 Å². The first kappa shape index (κ1) is 25.3. The van der Waals surface area contributed by atoms with Gasteiger partial charge in [0.05, 0.1) is 12.3 Å². The van der Waals surface area contributed by atoms with Crippen molar-refractivity contribution in [1.29, 1.82) is 0 Å². The lowest BCUT2D eigenvalue weighted by molar-refractivity contribution is 0.0731. The third-order valence-electron chi connectivity index (χ3n) is 6.42. The van der Waals surface area contributed by atoms with Crippen molar-refractivity contribution in [3.63, 3.8) is 0 Å². The third-order valence-corrected chi connectivity index (χ3v) is 8.44. The molecular formula is C27H33N3O4S. The van der Waals surface area contributed by atoms with Gasteiger partial charge in [-0.05, 0) is 49.4 Å². The maximum Gasteiger partial charge on any atom is 0.247 e. The van der Waals surface area contributed by atoms with Crippen molar-refractivity contribution in [3.8, 4) is 16.9 Å². The van der Waals surface area contributed by atoms with Crippen LogP contribution in [0.25, 0.3) is 11.1 Å². The molecule has 0 radical (unpaired) electrons. The highest BCUT2D eigenvalue weighted by Gasteiger charge is 2.38. The maximum atomic E-state index is 13.7. The van der Waals surface area contributed by atoms with Gasteiger partial charge in [0.1, 0.15) is 16.7 Å². The number of rotatable bonds is 7. The van der Waals surface area contributed by atoms with E-state index in [0.717, 1.165) is 16.8 Å². The summed E-state index contributed by atoms with van der Waals surface area (Å²) in [5.41, 5.74) is 2.82. The van der Waals surface area contributed by atoms with E-state index in [1.165, 1.54) is 4.31 Å². The van der Waals surface area contributed by atoms with Gasteiger partial charge in [-0.15, -0.1) is 0 Å². The van der Waals surface area contributed by atoms with Gasteiger partial charge in [0.2, 0.25) is 10.0 Å². The minimum Gasteiger partial charge on any atom is -0.487 e. The molecule has 0 spiro atoms. The van der Waals surface area contributed by atoms with Crippen LogP contribution in [0, 0.1) is 5.92 Å².